The lowest BCUT2D eigenvalue weighted by Gasteiger charge is -2.07. The highest BCUT2D eigenvalue weighted by molar-refractivity contribution is 9.10. The summed E-state index contributed by atoms with van der Waals surface area (Å²) in [5.41, 5.74) is 4.13. The van der Waals surface area contributed by atoms with Gasteiger partial charge < -0.3 is 4.74 Å². The summed E-state index contributed by atoms with van der Waals surface area (Å²) in [5, 5.41) is 9.40. The Labute approximate surface area is 249 Å². The van der Waals surface area contributed by atoms with E-state index in [1.54, 1.807) is 0 Å². The lowest BCUT2D eigenvalue weighted by atomic mass is 10.1. The van der Waals surface area contributed by atoms with Gasteiger partial charge in [-0.15, -0.1) is 5.10 Å². The van der Waals surface area contributed by atoms with E-state index in [9.17, 15) is 4.79 Å². The molecule has 0 spiro atoms. The quantitative estimate of drug-likeness (QED) is 0.154. The van der Waals surface area contributed by atoms with Gasteiger partial charge in [0.15, 0.2) is 5.82 Å². The molecule has 0 unspecified atom stereocenters. The summed E-state index contributed by atoms with van der Waals surface area (Å²) in [6, 6.07) is 25.6. The highest BCUT2D eigenvalue weighted by atomic mass is 79.9. The normalized spacial score (nSPS) is 11.9. The van der Waals surface area contributed by atoms with E-state index >= 15 is 0 Å². The molecule has 0 aliphatic rings. The van der Waals surface area contributed by atoms with Gasteiger partial charge in [0.25, 0.3) is 5.56 Å². The minimum atomic E-state index is -0.203. The second-order valence-corrected chi connectivity index (χ2v) is 11.6. The molecule has 3 heterocycles. The molecule has 0 bridgehead atoms. The molecule has 0 N–H and O–H groups in total. The first-order chi connectivity index (χ1) is 20.1. The molecule has 0 radical (unpaired) electrons. The molecule has 3 aromatic carbocycles. The molecule has 7 nitrogen and oxygen atoms in total. The Hall–Kier alpha value is -4.08. The van der Waals surface area contributed by atoms with Crippen molar-refractivity contribution in [1.29, 1.82) is 0 Å². The number of thiazole rings is 1. The molecule has 0 atom stereocenters. The second-order valence-electron chi connectivity index (χ2n) is 9.70. The molecule has 0 amide bonds. The molecule has 0 fully saturated rings. The fourth-order valence-electron chi connectivity index (χ4n) is 4.55. The highest BCUT2D eigenvalue weighted by Gasteiger charge is 2.15. The van der Waals surface area contributed by atoms with Gasteiger partial charge in [-0.3, -0.25) is 4.79 Å². The summed E-state index contributed by atoms with van der Waals surface area (Å²) < 4.78 is 10.7. The van der Waals surface area contributed by atoms with E-state index in [-0.39, 0.29) is 5.56 Å². The van der Waals surface area contributed by atoms with Gasteiger partial charge in [0.1, 0.15) is 11.4 Å². The zero-order valence-electron chi connectivity index (χ0n) is 22.5. The Bertz CT molecular complexity index is 1880. The van der Waals surface area contributed by atoms with Crippen LogP contribution in [0.1, 0.15) is 38.2 Å². The molecule has 41 heavy (non-hydrogen) atoms. The number of fused-ring (bicyclic) bond motifs is 1. The van der Waals surface area contributed by atoms with Crippen molar-refractivity contribution < 1.29 is 4.74 Å². The van der Waals surface area contributed by atoms with Crippen LogP contribution in [-0.4, -0.2) is 31.0 Å². The Kier molecular flexibility index (Phi) is 8.07. The first-order valence-electron chi connectivity index (χ1n) is 13.6. The van der Waals surface area contributed by atoms with Crippen LogP contribution in [0.3, 0.4) is 0 Å². The Balaban J connectivity index is 1.34. The molecule has 6 rings (SSSR count). The largest absolute Gasteiger partial charge is 0.494 e. The van der Waals surface area contributed by atoms with Crippen LogP contribution in [0, 0.1) is 0 Å². The topological polar surface area (TPSA) is 74.3 Å². The number of benzene rings is 3. The molecule has 6 aromatic rings. The van der Waals surface area contributed by atoms with E-state index in [1.807, 2.05) is 95.8 Å². The molecular weight excluding hydrogens is 598 g/mol. The number of hydrogen-bond acceptors (Lipinski definition) is 6. The van der Waals surface area contributed by atoms with Crippen molar-refractivity contribution in [3.05, 3.63) is 110 Å². The van der Waals surface area contributed by atoms with Crippen LogP contribution >= 0.6 is 27.3 Å². The van der Waals surface area contributed by atoms with Crippen LogP contribution in [-0.2, 0) is 0 Å². The van der Waals surface area contributed by atoms with E-state index in [4.69, 9.17) is 9.84 Å². The van der Waals surface area contributed by atoms with Gasteiger partial charge in [-0.05, 0) is 61.0 Å². The van der Waals surface area contributed by atoms with E-state index in [0.717, 1.165) is 44.7 Å². The molecule has 0 saturated carbocycles. The maximum atomic E-state index is 13.4. The zero-order chi connectivity index (χ0) is 28.2. The van der Waals surface area contributed by atoms with Gasteiger partial charge in [-0.1, -0.05) is 83.8 Å². The monoisotopic (exact) mass is 625 g/mol. The van der Waals surface area contributed by atoms with E-state index < -0.39 is 0 Å². The lowest BCUT2D eigenvalue weighted by Crippen LogP contribution is -2.23. The van der Waals surface area contributed by atoms with Crippen LogP contribution in [0.2, 0.25) is 0 Å². The van der Waals surface area contributed by atoms with Crippen molar-refractivity contribution >= 4 is 38.3 Å². The second kappa shape index (κ2) is 12.2. The van der Waals surface area contributed by atoms with Crippen molar-refractivity contribution in [2.75, 3.05) is 6.61 Å². The third kappa shape index (κ3) is 6.01. The predicted molar refractivity (Wildman–Crippen MR) is 168 cm³/mol. The van der Waals surface area contributed by atoms with Gasteiger partial charge in [-0.25, -0.2) is 4.68 Å². The predicted octanol–water partition coefficient (Wildman–Crippen LogP) is 6.94. The average molecular weight is 627 g/mol. The Morgan fingerprint density at radius 2 is 1.66 bits per heavy atom. The third-order valence-corrected chi connectivity index (χ3v) is 8.22. The average Bonchev–Trinajstić information content (AvgIpc) is 3.69. The number of rotatable bonds is 10. The number of para-hydroxylation sites is 1. The van der Waals surface area contributed by atoms with Gasteiger partial charge in [0.05, 0.1) is 16.8 Å². The number of nitrogens with zero attached hydrogens (tertiary/aromatic N) is 5. The first-order valence-corrected chi connectivity index (χ1v) is 15.3. The Morgan fingerprint density at radius 1 is 0.902 bits per heavy atom. The summed E-state index contributed by atoms with van der Waals surface area (Å²) in [5.74, 6) is 1.37. The molecule has 0 saturated heterocycles. The lowest BCUT2D eigenvalue weighted by molar-refractivity contribution is 0.305. The highest BCUT2D eigenvalue weighted by Crippen LogP contribution is 2.27. The fourth-order valence-corrected chi connectivity index (χ4v) is 5.72. The number of unbranched alkanes of at least 4 members (excludes halogenated alkanes) is 3. The molecule has 9 heteroatoms. The van der Waals surface area contributed by atoms with Crippen molar-refractivity contribution in [3.8, 4) is 34.1 Å². The molecule has 206 valence electrons. The number of ether oxygens (including phenoxy) is 1. The SMILES string of the molecule is CCCCCCOc1ccc(-c2nn(-c3ccccc3)cc2/C=c2\sc3nc(-c4ccc(Br)cc4)nn3c2=O)cc1. The van der Waals surface area contributed by atoms with Gasteiger partial charge in [0, 0.05) is 27.4 Å². The fraction of sp³-hybridized carbons (Fsp3) is 0.188. The molecular formula is C32H28BrN5O2S. The number of aromatic nitrogens is 5. The van der Waals surface area contributed by atoms with Gasteiger partial charge in [-0.2, -0.15) is 14.6 Å². The van der Waals surface area contributed by atoms with Crippen LogP contribution in [0.25, 0.3) is 39.4 Å². The summed E-state index contributed by atoms with van der Waals surface area (Å²) in [4.78, 5) is 18.5. The van der Waals surface area contributed by atoms with Crippen LogP contribution < -0.4 is 14.8 Å². The summed E-state index contributed by atoms with van der Waals surface area (Å²) in [6.45, 7) is 2.92. The minimum Gasteiger partial charge on any atom is -0.494 e. The molecule has 3 aromatic heterocycles. The van der Waals surface area contributed by atoms with Crippen LogP contribution in [0.15, 0.2) is 94.3 Å². The smallest absolute Gasteiger partial charge is 0.291 e. The van der Waals surface area contributed by atoms with Crippen molar-refractivity contribution in [1.82, 2.24) is 24.4 Å². The maximum absolute atomic E-state index is 13.4. The number of hydrogen-bond donors (Lipinski definition) is 0. The zero-order valence-corrected chi connectivity index (χ0v) is 24.9. The standard InChI is InChI=1S/C32H28BrN5O2S/c1-2-3-4-8-19-40-27-17-13-22(14-18-27)29-24(21-37(35-29)26-9-6-5-7-10-26)20-28-31(39)38-32(41-28)34-30(36-38)23-11-15-25(33)16-12-23/h5-7,9-18,20-21H,2-4,8,19H2,1H3/b28-20-. The van der Waals surface area contributed by atoms with Gasteiger partial charge in [0.2, 0.25) is 4.96 Å². The van der Waals surface area contributed by atoms with Gasteiger partial charge >= 0.3 is 0 Å². The summed E-state index contributed by atoms with van der Waals surface area (Å²) in [7, 11) is 0. The van der Waals surface area contributed by atoms with Crippen molar-refractivity contribution in [3.63, 3.8) is 0 Å². The first kappa shape index (κ1) is 27.1. The summed E-state index contributed by atoms with van der Waals surface area (Å²) in [6.07, 6.45) is 8.50. The Morgan fingerprint density at radius 3 is 2.39 bits per heavy atom. The minimum absolute atomic E-state index is 0.203. The molecule has 0 aliphatic heterocycles. The molecule has 0 aliphatic carbocycles. The maximum Gasteiger partial charge on any atom is 0.291 e. The van der Waals surface area contributed by atoms with Crippen molar-refractivity contribution in [2.45, 2.75) is 32.6 Å². The van der Waals surface area contributed by atoms with E-state index in [1.165, 1.54) is 35.1 Å². The van der Waals surface area contributed by atoms with E-state index in [0.29, 0.717) is 21.9 Å². The third-order valence-electron chi connectivity index (χ3n) is 6.73. The van der Waals surface area contributed by atoms with E-state index in [2.05, 4.69) is 32.9 Å². The van der Waals surface area contributed by atoms with Crippen LogP contribution in [0.4, 0.5) is 0 Å². The summed E-state index contributed by atoms with van der Waals surface area (Å²) >= 11 is 4.76. The number of halogens is 1. The van der Waals surface area contributed by atoms with Crippen LogP contribution in [0.5, 0.6) is 5.75 Å². The van der Waals surface area contributed by atoms with Crippen molar-refractivity contribution in [2.24, 2.45) is 0 Å².